The van der Waals surface area contributed by atoms with Gasteiger partial charge in [0.05, 0.1) is 12.8 Å². The predicted octanol–water partition coefficient (Wildman–Crippen LogP) is 0.212. The third kappa shape index (κ3) is 0.650. The van der Waals surface area contributed by atoms with Crippen LogP contribution in [0, 0.1) is 6.07 Å². The van der Waals surface area contributed by atoms with Gasteiger partial charge in [0.25, 0.3) is 0 Å². The minimum Gasteiger partial charge on any atom is -0.476 e. The van der Waals surface area contributed by atoms with E-state index >= 15 is 0 Å². The summed E-state index contributed by atoms with van der Waals surface area (Å²) in [5.74, 6) is 0.650. The molecule has 45 valence electrons. The Balaban J connectivity index is 2.54. The molecule has 0 amide bonds. The van der Waals surface area contributed by atoms with Crippen LogP contribution in [0.25, 0.3) is 0 Å². The molecule has 0 bridgehead atoms. The Morgan fingerprint density at radius 1 is 1.67 bits per heavy atom. The first kappa shape index (κ1) is 4.73. The Morgan fingerprint density at radius 2 is 2.67 bits per heavy atom. The monoisotopic (exact) mass is 121 g/mol. The Labute approximate surface area is 52.7 Å². The fraction of sp³-hybridized carbons (Fsp3) is 0.333. The Bertz CT molecular complexity index is 201. The fourth-order valence-corrected chi connectivity index (χ4v) is 0.855. The van der Waals surface area contributed by atoms with Crippen molar-refractivity contribution >= 4 is 0 Å². The van der Waals surface area contributed by atoms with Gasteiger partial charge in [0.1, 0.15) is 0 Å². The highest BCUT2D eigenvalue weighted by molar-refractivity contribution is 5.25. The average molecular weight is 121 g/mol. The molecule has 0 saturated heterocycles. The smallest absolute Gasteiger partial charge is 0.237 e. The molecule has 0 spiro atoms. The van der Waals surface area contributed by atoms with Crippen LogP contribution in [0.3, 0.4) is 0 Å². The highest BCUT2D eigenvalue weighted by Gasteiger charge is 2.11. The first-order chi connectivity index (χ1) is 4.47. The number of hydrogen-bond acceptors (Lipinski definition) is 3. The maximum absolute atomic E-state index is 5.09. The van der Waals surface area contributed by atoms with E-state index in [9.17, 15) is 0 Å². The molecule has 0 unspecified atom stereocenters. The van der Waals surface area contributed by atoms with Gasteiger partial charge in [-0.1, -0.05) is 0 Å². The molecule has 0 aromatic carbocycles. The molecule has 1 aromatic heterocycles. The van der Waals surface area contributed by atoms with Crippen LogP contribution in [0.4, 0.5) is 0 Å². The molecule has 1 aliphatic rings. The van der Waals surface area contributed by atoms with Crippen molar-refractivity contribution in [3.05, 3.63) is 17.8 Å². The second-order valence-electron chi connectivity index (χ2n) is 1.87. The Hall–Kier alpha value is -1.12. The molecule has 2 rings (SSSR count). The fourth-order valence-electron chi connectivity index (χ4n) is 0.855. The van der Waals surface area contributed by atoms with Crippen molar-refractivity contribution in [2.45, 2.75) is 6.42 Å². The van der Waals surface area contributed by atoms with Crippen LogP contribution in [-0.2, 0) is 6.42 Å². The molecular formula is C6H5N2O. The average Bonchev–Trinajstić information content (AvgIpc) is 2.33. The third-order valence-electron chi connectivity index (χ3n) is 1.29. The molecule has 0 atom stereocenters. The zero-order chi connectivity index (χ0) is 6.10. The summed E-state index contributed by atoms with van der Waals surface area (Å²) < 4.78 is 5.09. The lowest BCUT2D eigenvalue weighted by molar-refractivity contribution is 0.341. The number of nitrogens with zero attached hydrogens (tertiary/aromatic N) is 2. The highest BCUT2D eigenvalue weighted by atomic mass is 16.5. The first-order valence-corrected chi connectivity index (χ1v) is 2.82. The second-order valence-corrected chi connectivity index (χ2v) is 1.87. The molecule has 9 heavy (non-hydrogen) atoms. The van der Waals surface area contributed by atoms with Crippen LogP contribution in [0.5, 0.6) is 5.88 Å². The van der Waals surface area contributed by atoms with Crippen molar-refractivity contribution in [1.82, 2.24) is 10.2 Å². The van der Waals surface area contributed by atoms with Crippen molar-refractivity contribution in [1.29, 1.82) is 0 Å². The number of hydrogen-bond donors (Lipinski definition) is 0. The van der Waals surface area contributed by atoms with Gasteiger partial charge in [0.15, 0.2) is 0 Å². The summed E-state index contributed by atoms with van der Waals surface area (Å²) >= 11 is 0. The Kier molecular flexibility index (Phi) is 0.886. The highest BCUT2D eigenvalue weighted by Crippen LogP contribution is 2.18. The van der Waals surface area contributed by atoms with Crippen LogP contribution in [0.15, 0.2) is 6.20 Å². The second kappa shape index (κ2) is 1.69. The Morgan fingerprint density at radius 3 is 3.56 bits per heavy atom. The van der Waals surface area contributed by atoms with Gasteiger partial charge >= 0.3 is 0 Å². The van der Waals surface area contributed by atoms with E-state index in [1.54, 1.807) is 6.20 Å². The van der Waals surface area contributed by atoms with Crippen molar-refractivity contribution < 1.29 is 4.74 Å². The predicted molar refractivity (Wildman–Crippen MR) is 30.1 cm³/mol. The quantitative estimate of drug-likeness (QED) is 0.492. The maximum Gasteiger partial charge on any atom is 0.237 e. The van der Waals surface area contributed by atoms with Crippen LogP contribution >= 0.6 is 0 Å². The van der Waals surface area contributed by atoms with Gasteiger partial charge in [-0.25, -0.2) is 0 Å². The molecule has 1 aliphatic heterocycles. The van der Waals surface area contributed by atoms with E-state index in [-0.39, 0.29) is 0 Å². The van der Waals surface area contributed by atoms with Gasteiger partial charge in [-0.3, -0.25) is 0 Å². The zero-order valence-corrected chi connectivity index (χ0v) is 4.79. The van der Waals surface area contributed by atoms with E-state index in [2.05, 4.69) is 16.3 Å². The van der Waals surface area contributed by atoms with Gasteiger partial charge < -0.3 is 4.74 Å². The standard InChI is InChI=1S/C6H5N2O/c1-3-7-8-6-5(1)2-4-9-6/h3H,2,4H2. The number of rotatable bonds is 0. The summed E-state index contributed by atoms with van der Waals surface area (Å²) in [6, 6.07) is 2.95. The minimum absolute atomic E-state index is 0.650. The topological polar surface area (TPSA) is 35.0 Å². The van der Waals surface area contributed by atoms with E-state index in [1.165, 1.54) is 0 Å². The summed E-state index contributed by atoms with van der Waals surface area (Å²) in [5, 5.41) is 7.38. The lowest BCUT2D eigenvalue weighted by Crippen LogP contribution is -1.88. The number of aromatic nitrogens is 2. The molecular weight excluding hydrogens is 116 g/mol. The lowest BCUT2D eigenvalue weighted by atomic mass is 10.2. The molecule has 0 aliphatic carbocycles. The molecule has 0 saturated carbocycles. The van der Waals surface area contributed by atoms with Crippen molar-refractivity contribution in [2.24, 2.45) is 0 Å². The SMILES string of the molecule is [c]1cnnc2c1CCO2. The van der Waals surface area contributed by atoms with Crippen LogP contribution in [-0.4, -0.2) is 16.8 Å². The van der Waals surface area contributed by atoms with Crippen molar-refractivity contribution in [3.63, 3.8) is 0 Å². The van der Waals surface area contributed by atoms with E-state index in [1.807, 2.05) is 0 Å². The van der Waals surface area contributed by atoms with Crippen LogP contribution in [0.2, 0.25) is 0 Å². The molecule has 0 N–H and O–H groups in total. The molecule has 3 nitrogen and oxygen atoms in total. The number of fused-ring (bicyclic) bond motifs is 1. The zero-order valence-electron chi connectivity index (χ0n) is 4.79. The summed E-state index contributed by atoms with van der Waals surface area (Å²) in [5.41, 5.74) is 1.05. The summed E-state index contributed by atoms with van der Waals surface area (Å²) in [6.45, 7) is 0.727. The van der Waals surface area contributed by atoms with Gasteiger partial charge in [0.2, 0.25) is 5.88 Å². The van der Waals surface area contributed by atoms with E-state index in [0.29, 0.717) is 5.88 Å². The van der Waals surface area contributed by atoms with Gasteiger partial charge in [-0.05, 0) is 0 Å². The maximum atomic E-state index is 5.09. The van der Waals surface area contributed by atoms with Gasteiger partial charge in [0, 0.05) is 18.1 Å². The molecule has 3 heteroatoms. The van der Waals surface area contributed by atoms with E-state index in [4.69, 9.17) is 4.74 Å². The summed E-state index contributed by atoms with van der Waals surface area (Å²) in [6.07, 6.45) is 2.48. The molecule has 2 heterocycles. The third-order valence-corrected chi connectivity index (χ3v) is 1.29. The van der Waals surface area contributed by atoms with Crippen molar-refractivity contribution in [3.8, 4) is 5.88 Å². The van der Waals surface area contributed by atoms with Crippen LogP contribution < -0.4 is 4.74 Å². The van der Waals surface area contributed by atoms with Gasteiger partial charge in [-0.15, -0.1) is 5.10 Å². The molecule has 1 aromatic rings. The normalized spacial score (nSPS) is 14.7. The van der Waals surface area contributed by atoms with E-state index < -0.39 is 0 Å². The van der Waals surface area contributed by atoms with Crippen molar-refractivity contribution in [2.75, 3.05) is 6.61 Å². The molecule has 1 radical (unpaired) electrons. The number of ether oxygens (including phenoxy) is 1. The summed E-state index contributed by atoms with van der Waals surface area (Å²) in [7, 11) is 0. The van der Waals surface area contributed by atoms with E-state index in [0.717, 1.165) is 18.6 Å². The summed E-state index contributed by atoms with van der Waals surface area (Å²) in [4.78, 5) is 0. The largest absolute Gasteiger partial charge is 0.476 e. The molecule has 0 fully saturated rings. The van der Waals surface area contributed by atoms with Crippen LogP contribution in [0.1, 0.15) is 5.56 Å². The first-order valence-electron chi connectivity index (χ1n) is 2.82. The lowest BCUT2D eigenvalue weighted by Gasteiger charge is -1.90. The minimum atomic E-state index is 0.650. The van der Waals surface area contributed by atoms with Gasteiger partial charge in [-0.2, -0.15) is 5.10 Å².